The lowest BCUT2D eigenvalue weighted by molar-refractivity contribution is -0.136. The number of carbonyl (C=O) groups is 2. The molecule has 0 bridgehead atoms. The Balaban J connectivity index is 1.45. The zero-order chi connectivity index (χ0) is 15.3. The van der Waals surface area contributed by atoms with Crippen LogP contribution in [0, 0.1) is 11.8 Å². The summed E-state index contributed by atoms with van der Waals surface area (Å²) in [4.78, 5) is 26.0. The molecule has 2 unspecified atom stereocenters. The van der Waals surface area contributed by atoms with Crippen LogP contribution in [0.2, 0.25) is 0 Å². The number of hydrogen-bond acceptors (Lipinski definition) is 2. The van der Waals surface area contributed by atoms with Gasteiger partial charge in [0.05, 0.1) is 0 Å². The van der Waals surface area contributed by atoms with Crippen LogP contribution in [-0.4, -0.2) is 29.8 Å². The van der Waals surface area contributed by atoms with E-state index in [0.29, 0.717) is 19.0 Å². The highest BCUT2D eigenvalue weighted by Gasteiger charge is 2.62. The molecule has 4 rings (SSSR count). The molecule has 1 aromatic rings. The van der Waals surface area contributed by atoms with Crippen molar-refractivity contribution >= 4 is 11.8 Å². The maximum Gasteiger partial charge on any atom is 0.226 e. The zero-order valence-corrected chi connectivity index (χ0v) is 12.8. The summed E-state index contributed by atoms with van der Waals surface area (Å²) in [5.41, 5.74) is 8.31. The van der Waals surface area contributed by atoms with Gasteiger partial charge in [0.2, 0.25) is 11.8 Å². The molecule has 22 heavy (non-hydrogen) atoms. The van der Waals surface area contributed by atoms with Crippen molar-refractivity contribution in [3.63, 3.8) is 0 Å². The first kappa shape index (κ1) is 13.8. The number of benzene rings is 1. The number of amides is 2. The third-order valence-electron chi connectivity index (χ3n) is 5.98. The lowest BCUT2D eigenvalue weighted by Gasteiger charge is -2.31. The molecule has 1 aliphatic heterocycles. The van der Waals surface area contributed by atoms with Crippen molar-refractivity contribution in [3.05, 3.63) is 35.4 Å². The summed E-state index contributed by atoms with van der Waals surface area (Å²) in [5.74, 6) is 0.171. The van der Waals surface area contributed by atoms with Crippen LogP contribution in [0.15, 0.2) is 24.3 Å². The minimum atomic E-state index is -0.222. The average molecular weight is 298 g/mol. The Morgan fingerprint density at radius 1 is 1.18 bits per heavy atom. The van der Waals surface area contributed by atoms with Gasteiger partial charge >= 0.3 is 0 Å². The summed E-state index contributed by atoms with van der Waals surface area (Å²) in [5, 5.41) is 0. The number of aryl methyl sites for hydroxylation is 1. The van der Waals surface area contributed by atoms with Crippen LogP contribution in [-0.2, 0) is 21.4 Å². The third kappa shape index (κ3) is 1.97. The molecule has 2 aliphatic carbocycles. The van der Waals surface area contributed by atoms with Crippen LogP contribution in [0.3, 0.4) is 0 Å². The van der Waals surface area contributed by atoms with Gasteiger partial charge in [0.1, 0.15) is 0 Å². The second-order valence-corrected chi connectivity index (χ2v) is 7.07. The molecule has 1 saturated heterocycles. The molecule has 1 saturated carbocycles. The maximum absolute atomic E-state index is 12.8. The Kier molecular flexibility index (Phi) is 3.03. The number of nitrogens with two attached hydrogens (primary N) is 1. The molecule has 116 valence electrons. The normalized spacial score (nSPS) is 30.4. The Bertz CT molecular complexity index is 634. The number of fused-ring (bicyclic) bond motifs is 2. The molecule has 0 aromatic heterocycles. The fraction of sp³-hybridized carbons (Fsp3) is 0.556. The number of primary amides is 1. The summed E-state index contributed by atoms with van der Waals surface area (Å²) in [6.45, 7) is 1.36. The van der Waals surface area contributed by atoms with E-state index in [2.05, 4.69) is 24.3 Å². The van der Waals surface area contributed by atoms with E-state index in [9.17, 15) is 9.59 Å². The number of hydrogen-bond donors (Lipinski definition) is 1. The molecule has 1 heterocycles. The predicted octanol–water partition coefficient (Wildman–Crippen LogP) is 1.61. The van der Waals surface area contributed by atoms with E-state index >= 15 is 0 Å². The van der Waals surface area contributed by atoms with Gasteiger partial charge in [-0.2, -0.15) is 0 Å². The largest absolute Gasteiger partial charge is 0.369 e. The summed E-state index contributed by atoms with van der Waals surface area (Å²) < 4.78 is 0. The van der Waals surface area contributed by atoms with Crippen LogP contribution >= 0.6 is 0 Å². The standard InChI is InChI=1S/C18H22N2O2/c19-16(21)13-6-9-20(10-7-13)17(22)15-11-18(15)8-5-12-3-1-2-4-14(12)18/h1-4,13,15H,5-11H2,(H2,19,21). The zero-order valence-electron chi connectivity index (χ0n) is 12.8. The first-order valence-corrected chi connectivity index (χ1v) is 8.28. The van der Waals surface area contributed by atoms with E-state index in [1.807, 2.05) is 4.90 Å². The molecule has 2 fully saturated rings. The average Bonchev–Trinajstić information content (AvgIpc) is 3.16. The van der Waals surface area contributed by atoms with Gasteiger partial charge < -0.3 is 10.6 Å². The predicted molar refractivity (Wildman–Crippen MR) is 83.0 cm³/mol. The second-order valence-electron chi connectivity index (χ2n) is 7.07. The monoisotopic (exact) mass is 298 g/mol. The topological polar surface area (TPSA) is 63.4 Å². The molecule has 2 amide bonds. The fourth-order valence-electron chi connectivity index (χ4n) is 4.52. The van der Waals surface area contributed by atoms with E-state index in [1.165, 1.54) is 11.1 Å². The van der Waals surface area contributed by atoms with Crippen LogP contribution in [0.5, 0.6) is 0 Å². The number of likely N-dealkylation sites (tertiary alicyclic amines) is 1. The van der Waals surface area contributed by atoms with Crippen molar-refractivity contribution in [2.45, 2.75) is 37.5 Å². The Labute approximate surface area is 130 Å². The number of piperidine rings is 1. The van der Waals surface area contributed by atoms with Crippen molar-refractivity contribution < 1.29 is 9.59 Å². The van der Waals surface area contributed by atoms with E-state index < -0.39 is 0 Å². The Hall–Kier alpha value is -1.84. The molecule has 1 spiro atoms. The molecule has 3 aliphatic rings. The minimum absolute atomic E-state index is 0.0515. The third-order valence-corrected chi connectivity index (χ3v) is 5.98. The van der Waals surface area contributed by atoms with Gasteiger partial charge in [0.15, 0.2) is 0 Å². The summed E-state index contributed by atoms with van der Waals surface area (Å²) in [6.07, 6.45) is 4.65. The molecule has 2 atom stereocenters. The van der Waals surface area contributed by atoms with Crippen LogP contribution in [0.4, 0.5) is 0 Å². The quantitative estimate of drug-likeness (QED) is 0.901. The van der Waals surface area contributed by atoms with Gasteiger partial charge in [-0.25, -0.2) is 0 Å². The first-order chi connectivity index (χ1) is 10.6. The highest BCUT2D eigenvalue weighted by molar-refractivity contribution is 5.85. The van der Waals surface area contributed by atoms with E-state index in [0.717, 1.165) is 32.1 Å². The van der Waals surface area contributed by atoms with Crippen LogP contribution in [0.1, 0.15) is 36.8 Å². The first-order valence-electron chi connectivity index (χ1n) is 8.28. The lowest BCUT2D eigenvalue weighted by atomic mass is 9.93. The molecule has 1 aromatic carbocycles. The van der Waals surface area contributed by atoms with Crippen LogP contribution in [0.25, 0.3) is 0 Å². The maximum atomic E-state index is 12.8. The highest BCUT2D eigenvalue weighted by Crippen LogP contribution is 2.62. The van der Waals surface area contributed by atoms with Gasteiger partial charge in [-0.05, 0) is 43.2 Å². The van der Waals surface area contributed by atoms with Crippen molar-refractivity contribution in [1.29, 1.82) is 0 Å². The number of carbonyl (C=O) groups excluding carboxylic acids is 2. The van der Waals surface area contributed by atoms with Crippen molar-refractivity contribution in [1.82, 2.24) is 4.90 Å². The molecular weight excluding hydrogens is 276 g/mol. The van der Waals surface area contributed by atoms with E-state index in [4.69, 9.17) is 5.73 Å². The van der Waals surface area contributed by atoms with Gasteiger partial charge in [-0.15, -0.1) is 0 Å². The van der Waals surface area contributed by atoms with E-state index in [1.54, 1.807) is 0 Å². The van der Waals surface area contributed by atoms with Gasteiger partial charge in [0, 0.05) is 30.3 Å². The summed E-state index contributed by atoms with van der Waals surface area (Å²) >= 11 is 0. The van der Waals surface area contributed by atoms with Crippen molar-refractivity contribution in [2.24, 2.45) is 17.6 Å². The number of nitrogens with zero attached hydrogens (tertiary/aromatic N) is 1. The van der Waals surface area contributed by atoms with Gasteiger partial charge in [-0.1, -0.05) is 24.3 Å². The lowest BCUT2D eigenvalue weighted by Crippen LogP contribution is -2.43. The van der Waals surface area contributed by atoms with Gasteiger partial charge in [0.25, 0.3) is 0 Å². The second kappa shape index (κ2) is 4.83. The molecular formula is C18H22N2O2. The Morgan fingerprint density at radius 3 is 2.64 bits per heavy atom. The summed E-state index contributed by atoms with van der Waals surface area (Å²) in [7, 11) is 0. The SMILES string of the molecule is NC(=O)C1CCN(C(=O)C2CC23CCc2ccccc23)CC1. The van der Waals surface area contributed by atoms with Crippen molar-refractivity contribution in [2.75, 3.05) is 13.1 Å². The summed E-state index contributed by atoms with van der Waals surface area (Å²) in [6, 6.07) is 8.58. The minimum Gasteiger partial charge on any atom is -0.369 e. The smallest absolute Gasteiger partial charge is 0.226 e. The van der Waals surface area contributed by atoms with Crippen molar-refractivity contribution in [3.8, 4) is 0 Å². The molecule has 2 N–H and O–H groups in total. The molecule has 4 nitrogen and oxygen atoms in total. The number of rotatable bonds is 2. The van der Waals surface area contributed by atoms with E-state index in [-0.39, 0.29) is 23.2 Å². The fourth-order valence-corrected chi connectivity index (χ4v) is 4.52. The Morgan fingerprint density at radius 2 is 1.91 bits per heavy atom. The van der Waals surface area contributed by atoms with Crippen LogP contribution < -0.4 is 5.73 Å². The highest BCUT2D eigenvalue weighted by atomic mass is 16.2. The van der Waals surface area contributed by atoms with Gasteiger partial charge in [-0.3, -0.25) is 9.59 Å². The molecule has 4 heteroatoms. The molecule has 0 radical (unpaired) electrons.